The molecule has 2 atom stereocenters. The number of hydrogen-bond acceptors (Lipinski definition) is 5. The normalized spacial score (nSPS) is 20.2. The highest BCUT2D eigenvalue weighted by Crippen LogP contribution is 2.12. The number of aliphatic carboxylic acids is 1. The van der Waals surface area contributed by atoms with E-state index in [0.717, 1.165) is 6.42 Å². The minimum atomic E-state index is -1.28. The molecule has 0 saturated carbocycles. The molecule has 1 aliphatic rings. The van der Waals surface area contributed by atoms with Crippen LogP contribution in [0.15, 0.2) is 0 Å². The highest BCUT2D eigenvalue weighted by atomic mass is 16.5. The standard InChI is InChI=1S/C11H17NO6/c1-2-17-9(13)6-7(11(15)16)12-10(14)8-4-3-5-18-8/h7-8H,2-6H2,1H3,(H,12,14)(H,15,16)/t7-,8+/m0/s1. The largest absolute Gasteiger partial charge is 0.480 e. The minimum Gasteiger partial charge on any atom is -0.480 e. The van der Waals surface area contributed by atoms with Crippen molar-refractivity contribution in [2.75, 3.05) is 13.2 Å². The maximum Gasteiger partial charge on any atom is 0.326 e. The lowest BCUT2D eigenvalue weighted by Crippen LogP contribution is -2.46. The van der Waals surface area contributed by atoms with Crippen molar-refractivity contribution in [2.45, 2.75) is 38.3 Å². The van der Waals surface area contributed by atoms with Crippen LogP contribution in [0.5, 0.6) is 0 Å². The van der Waals surface area contributed by atoms with Gasteiger partial charge in [-0.3, -0.25) is 9.59 Å². The molecule has 0 aliphatic carbocycles. The Labute approximate surface area is 104 Å². The first-order valence-corrected chi connectivity index (χ1v) is 5.85. The van der Waals surface area contributed by atoms with Crippen LogP contribution < -0.4 is 5.32 Å². The van der Waals surface area contributed by atoms with E-state index in [1.165, 1.54) is 0 Å². The van der Waals surface area contributed by atoms with E-state index in [0.29, 0.717) is 13.0 Å². The molecule has 1 saturated heterocycles. The minimum absolute atomic E-state index is 0.171. The molecule has 7 heteroatoms. The fourth-order valence-electron chi connectivity index (χ4n) is 1.64. The average Bonchev–Trinajstić information content (AvgIpc) is 2.81. The van der Waals surface area contributed by atoms with Crippen molar-refractivity contribution in [1.29, 1.82) is 0 Å². The molecule has 0 aromatic rings. The van der Waals surface area contributed by atoms with E-state index in [4.69, 9.17) is 9.84 Å². The van der Waals surface area contributed by atoms with Gasteiger partial charge in [-0.1, -0.05) is 0 Å². The summed E-state index contributed by atoms with van der Waals surface area (Å²) in [6, 6.07) is -1.28. The Bertz CT molecular complexity index is 323. The molecule has 0 bridgehead atoms. The van der Waals surface area contributed by atoms with Gasteiger partial charge in [0.1, 0.15) is 12.1 Å². The molecule has 0 spiro atoms. The maximum absolute atomic E-state index is 11.6. The summed E-state index contributed by atoms with van der Waals surface area (Å²) in [6.07, 6.45) is 0.335. The van der Waals surface area contributed by atoms with Gasteiger partial charge in [0, 0.05) is 6.61 Å². The van der Waals surface area contributed by atoms with Gasteiger partial charge in [0.05, 0.1) is 13.0 Å². The lowest BCUT2D eigenvalue weighted by Gasteiger charge is -2.16. The van der Waals surface area contributed by atoms with Crippen LogP contribution >= 0.6 is 0 Å². The van der Waals surface area contributed by atoms with Crippen molar-refractivity contribution in [3.63, 3.8) is 0 Å². The number of ether oxygens (including phenoxy) is 2. The Morgan fingerprint density at radius 3 is 2.72 bits per heavy atom. The van der Waals surface area contributed by atoms with E-state index in [1.807, 2.05) is 0 Å². The molecular weight excluding hydrogens is 242 g/mol. The number of amides is 1. The number of carbonyl (C=O) groups excluding carboxylic acids is 2. The molecule has 1 amide bonds. The molecule has 0 aromatic heterocycles. The number of carbonyl (C=O) groups is 3. The Balaban J connectivity index is 2.49. The first kappa shape index (κ1) is 14.4. The molecule has 102 valence electrons. The number of nitrogens with one attached hydrogen (secondary N) is 1. The van der Waals surface area contributed by atoms with Gasteiger partial charge in [0.15, 0.2) is 0 Å². The summed E-state index contributed by atoms with van der Waals surface area (Å²) in [6.45, 7) is 2.29. The zero-order chi connectivity index (χ0) is 13.5. The highest BCUT2D eigenvalue weighted by molar-refractivity contribution is 5.89. The third-order valence-electron chi connectivity index (χ3n) is 2.51. The van der Waals surface area contributed by atoms with Crippen molar-refractivity contribution < 1.29 is 29.0 Å². The Morgan fingerprint density at radius 1 is 1.50 bits per heavy atom. The van der Waals surface area contributed by atoms with E-state index in [-0.39, 0.29) is 13.0 Å². The van der Waals surface area contributed by atoms with Crippen LogP contribution in [-0.4, -0.2) is 48.3 Å². The summed E-state index contributed by atoms with van der Waals surface area (Å²) < 4.78 is 9.77. The first-order valence-electron chi connectivity index (χ1n) is 5.85. The van der Waals surface area contributed by atoms with E-state index in [9.17, 15) is 14.4 Å². The van der Waals surface area contributed by atoms with E-state index in [1.54, 1.807) is 6.92 Å². The molecule has 0 radical (unpaired) electrons. The topological polar surface area (TPSA) is 102 Å². The molecular formula is C11H17NO6. The summed E-state index contributed by atoms with van der Waals surface area (Å²) in [5.41, 5.74) is 0. The predicted octanol–water partition coefficient (Wildman–Crippen LogP) is -0.312. The van der Waals surface area contributed by atoms with Crippen LogP contribution in [0.25, 0.3) is 0 Å². The third kappa shape index (κ3) is 4.33. The monoisotopic (exact) mass is 259 g/mol. The molecule has 1 aliphatic heterocycles. The van der Waals surface area contributed by atoms with Crippen LogP contribution in [0, 0.1) is 0 Å². The summed E-state index contributed by atoms with van der Waals surface area (Å²) >= 11 is 0. The van der Waals surface area contributed by atoms with Crippen molar-refractivity contribution in [3.8, 4) is 0 Å². The first-order chi connectivity index (χ1) is 8.54. The summed E-state index contributed by atoms with van der Waals surface area (Å²) in [5, 5.41) is 11.2. The maximum atomic E-state index is 11.6. The van der Waals surface area contributed by atoms with Gasteiger partial charge in [0.2, 0.25) is 5.91 Å². The number of esters is 1. The average molecular weight is 259 g/mol. The molecule has 1 fully saturated rings. The Hall–Kier alpha value is -1.63. The molecule has 7 nitrogen and oxygen atoms in total. The van der Waals surface area contributed by atoms with Gasteiger partial charge in [-0.05, 0) is 19.8 Å². The molecule has 2 N–H and O–H groups in total. The van der Waals surface area contributed by atoms with Crippen LogP contribution in [0.1, 0.15) is 26.2 Å². The van der Waals surface area contributed by atoms with Gasteiger partial charge >= 0.3 is 11.9 Å². The number of carboxylic acids is 1. The molecule has 18 heavy (non-hydrogen) atoms. The van der Waals surface area contributed by atoms with E-state index >= 15 is 0 Å². The number of hydrogen-bond donors (Lipinski definition) is 2. The van der Waals surface area contributed by atoms with Gasteiger partial charge in [-0.2, -0.15) is 0 Å². The second kappa shape index (κ2) is 6.95. The van der Waals surface area contributed by atoms with Crippen molar-refractivity contribution in [2.24, 2.45) is 0 Å². The van der Waals surface area contributed by atoms with Crippen LogP contribution in [0.3, 0.4) is 0 Å². The summed E-state index contributed by atoms with van der Waals surface area (Å²) in [5.74, 6) is -2.42. The van der Waals surface area contributed by atoms with Crippen LogP contribution in [-0.2, 0) is 23.9 Å². The second-order valence-electron chi connectivity index (χ2n) is 3.91. The summed E-state index contributed by atoms with van der Waals surface area (Å²) in [4.78, 5) is 33.8. The second-order valence-corrected chi connectivity index (χ2v) is 3.91. The zero-order valence-electron chi connectivity index (χ0n) is 10.2. The fraction of sp³-hybridized carbons (Fsp3) is 0.727. The van der Waals surface area contributed by atoms with E-state index in [2.05, 4.69) is 10.1 Å². The van der Waals surface area contributed by atoms with Gasteiger partial charge in [-0.25, -0.2) is 4.79 Å². The number of rotatable bonds is 6. The molecule has 0 aromatic carbocycles. The van der Waals surface area contributed by atoms with Gasteiger partial charge in [-0.15, -0.1) is 0 Å². The SMILES string of the molecule is CCOC(=O)C[C@H](NC(=O)[C@H]1CCCO1)C(=O)O. The predicted molar refractivity (Wildman–Crippen MR) is 59.8 cm³/mol. The lowest BCUT2D eigenvalue weighted by atomic mass is 10.1. The van der Waals surface area contributed by atoms with E-state index < -0.39 is 30.0 Å². The van der Waals surface area contributed by atoms with Crippen molar-refractivity contribution in [3.05, 3.63) is 0 Å². The lowest BCUT2D eigenvalue weighted by molar-refractivity contribution is -0.150. The highest BCUT2D eigenvalue weighted by Gasteiger charge is 2.29. The van der Waals surface area contributed by atoms with Crippen molar-refractivity contribution >= 4 is 17.8 Å². The molecule has 0 unspecified atom stereocenters. The third-order valence-corrected chi connectivity index (χ3v) is 2.51. The van der Waals surface area contributed by atoms with Gasteiger partial charge < -0.3 is 19.9 Å². The quantitative estimate of drug-likeness (QED) is 0.634. The summed E-state index contributed by atoms with van der Waals surface area (Å²) in [7, 11) is 0. The van der Waals surface area contributed by atoms with Crippen LogP contribution in [0.2, 0.25) is 0 Å². The molecule has 1 heterocycles. The zero-order valence-corrected chi connectivity index (χ0v) is 10.2. The van der Waals surface area contributed by atoms with Crippen LogP contribution in [0.4, 0.5) is 0 Å². The van der Waals surface area contributed by atoms with Gasteiger partial charge in [0.25, 0.3) is 0 Å². The Kier molecular flexibility index (Phi) is 5.57. The smallest absolute Gasteiger partial charge is 0.326 e. The molecule has 1 rings (SSSR count). The van der Waals surface area contributed by atoms with Crippen molar-refractivity contribution in [1.82, 2.24) is 5.32 Å². The number of carboxylic acid groups (broad SMARTS) is 1. The Morgan fingerprint density at radius 2 is 2.22 bits per heavy atom. The fourth-order valence-corrected chi connectivity index (χ4v) is 1.64.